The van der Waals surface area contributed by atoms with Gasteiger partial charge in [0, 0.05) is 26.5 Å². The summed E-state index contributed by atoms with van der Waals surface area (Å²) in [6.07, 6.45) is 4.86. The van der Waals surface area contributed by atoms with E-state index in [0.717, 1.165) is 11.3 Å². The first-order chi connectivity index (χ1) is 10.2. The topological polar surface area (TPSA) is 56.2 Å². The number of ether oxygens (including phenoxy) is 1. The average molecular weight is 285 g/mol. The molecule has 0 saturated carbocycles. The van der Waals surface area contributed by atoms with Crippen LogP contribution in [0.4, 0.5) is 5.69 Å². The van der Waals surface area contributed by atoms with Crippen molar-refractivity contribution < 1.29 is 9.53 Å². The molecule has 0 atom stereocenters. The quantitative estimate of drug-likeness (QED) is 0.939. The Labute approximate surface area is 123 Å². The normalized spacial score (nSPS) is 17.4. The van der Waals surface area contributed by atoms with Gasteiger partial charge in [-0.2, -0.15) is 5.10 Å². The van der Waals surface area contributed by atoms with Crippen molar-refractivity contribution in [2.75, 3.05) is 18.5 Å². The Kier molecular flexibility index (Phi) is 3.75. The minimum absolute atomic E-state index is 0.0185. The number of amides is 1. The van der Waals surface area contributed by atoms with Gasteiger partial charge in [-0.15, -0.1) is 0 Å². The summed E-state index contributed by atoms with van der Waals surface area (Å²) in [5, 5.41) is 7.08. The maximum atomic E-state index is 12.9. The van der Waals surface area contributed by atoms with E-state index in [2.05, 4.69) is 10.4 Å². The second-order valence-corrected chi connectivity index (χ2v) is 5.42. The average Bonchev–Trinajstić information content (AvgIpc) is 2.94. The molecular formula is C16H19N3O2. The van der Waals surface area contributed by atoms with Crippen LogP contribution < -0.4 is 5.32 Å². The monoisotopic (exact) mass is 285 g/mol. The molecular weight excluding hydrogens is 266 g/mol. The van der Waals surface area contributed by atoms with Gasteiger partial charge in [0.15, 0.2) is 0 Å². The van der Waals surface area contributed by atoms with Gasteiger partial charge < -0.3 is 10.1 Å². The van der Waals surface area contributed by atoms with Crippen molar-refractivity contribution in [1.82, 2.24) is 9.78 Å². The van der Waals surface area contributed by atoms with Crippen LogP contribution in [0, 0.1) is 0 Å². The van der Waals surface area contributed by atoms with Gasteiger partial charge in [0.2, 0.25) is 5.91 Å². The van der Waals surface area contributed by atoms with Gasteiger partial charge in [-0.25, -0.2) is 0 Å². The predicted octanol–water partition coefficient (Wildman–Crippen LogP) is 2.11. The summed E-state index contributed by atoms with van der Waals surface area (Å²) < 4.78 is 7.13. The van der Waals surface area contributed by atoms with E-state index in [9.17, 15) is 4.79 Å². The van der Waals surface area contributed by atoms with E-state index in [-0.39, 0.29) is 5.91 Å². The standard InChI is InChI=1S/C16H19N3O2/c1-19-12-14(11-17-19)18-15(20)16(7-9-21-10-8-16)13-5-3-2-4-6-13/h2-6,11-12H,7-10H2,1H3,(H,18,20). The molecule has 1 aromatic heterocycles. The van der Waals surface area contributed by atoms with Gasteiger partial charge >= 0.3 is 0 Å². The first-order valence-corrected chi connectivity index (χ1v) is 7.14. The third-order valence-electron chi connectivity index (χ3n) is 4.07. The maximum Gasteiger partial charge on any atom is 0.235 e. The van der Waals surface area contributed by atoms with Crippen LogP contribution in [-0.4, -0.2) is 28.9 Å². The zero-order chi connectivity index (χ0) is 14.7. The lowest BCUT2D eigenvalue weighted by molar-refractivity contribution is -0.125. The van der Waals surface area contributed by atoms with Crippen molar-refractivity contribution in [3.63, 3.8) is 0 Å². The molecule has 5 nitrogen and oxygen atoms in total. The highest BCUT2D eigenvalue weighted by Crippen LogP contribution is 2.36. The van der Waals surface area contributed by atoms with Gasteiger partial charge in [0.25, 0.3) is 0 Å². The van der Waals surface area contributed by atoms with E-state index in [1.807, 2.05) is 37.4 Å². The molecule has 1 aliphatic rings. The maximum absolute atomic E-state index is 12.9. The molecule has 5 heteroatoms. The molecule has 3 rings (SSSR count). The number of rotatable bonds is 3. The van der Waals surface area contributed by atoms with E-state index >= 15 is 0 Å². The Hall–Kier alpha value is -2.14. The van der Waals surface area contributed by atoms with E-state index < -0.39 is 5.41 Å². The molecule has 110 valence electrons. The lowest BCUT2D eigenvalue weighted by Crippen LogP contribution is -2.44. The van der Waals surface area contributed by atoms with Gasteiger partial charge in [0.1, 0.15) is 0 Å². The van der Waals surface area contributed by atoms with Crippen LogP contribution in [0.1, 0.15) is 18.4 Å². The Morgan fingerprint density at radius 1 is 1.29 bits per heavy atom. The molecule has 0 bridgehead atoms. The highest BCUT2D eigenvalue weighted by Gasteiger charge is 2.41. The number of benzene rings is 1. The molecule has 1 amide bonds. The molecule has 1 N–H and O–H groups in total. The SMILES string of the molecule is Cn1cc(NC(=O)C2(c3ccccc3)CCOCC2)cn1. The minimum Gasteiger partial charge on any atom is -0.381 e. The number of hydrogen-bond acceptors (Lipinski definition) is 3. The fourth-order valence-corrected chi connectivity index (χ4v) is 2.86. The second kappa shape index (κ2) is 5.69. The van der Waals surface area contributed by atoms with Gasteiger partial charge in [-0.05, 0) is 18.4 Å². The second-order valence-electron chi connectivity index (χ2n) is 5.42. The van der Waals surface area contributed by atoms with Crippen LogP contribution in [0.5, 0.6) is 0 Å². The first-order valence-electron chi connectivity index (χ1n) is 7.14. The van der Waals surface area contributed by atoms with Crippen molar-refractivity contribution in [1.29, 1.82) is 0 Å². The van der Waals surface area contributed by atoms with Crippen LogP contribution in [0.3, 0.4) is 0 Å². The number of carbonyl (C=O) groups is 1. The smallest absolute Gasteiger partial charge is 0.235 e. The summed E-state index contributed by atoms with van der Waals surface area (Å²) in [6, 6.07) is 9.96. The molecule has 1 aliphatic heterocycles. The van der Waals surface area contributed by atoms with Crippen molar-refractivity contribution in [3.05, 3.63) is 48.3 Å². The highest BCUT2D eigenvalue weighted by atomic mass is 16.5. The lowest BCUT2D eigenvalue weighted by Gasteiger charge is -2.36. The molecule has 0 spiro atoms. The Morgan fingerprint density at radius 3 is 2.62 bits per heavy atom. The van der Waals surface area contributed by atoms with Crippen LogP contribution >= 0.6 is 0 Å². The molecule has 0 radical (unpaired) electrons. The Bertz CT molecular complexity index is 615. The molecule has 1 aromatic carbocycles. The highest BCUT2D eigenvalue weighted by molar-refractivity contribution is 5.99. The van der Waals surface area contributed by atoms with Crippen molar-refractivity contribution in [2.24, 2.45) is 7.05 Å². The predicted molar refractivity (Wildman–Crippen MR) is 80.0 cm³/mol. The minimum atomic E-state index is -0.519. The number of nitrogens with one attached hydrogen (secondary N) is 1. The van der Waals surface area contributed by atoms with E-state index in [1.165, 1.54) is 0 Å². The zero-order valence-electron chi connectivity index (χ0n) is 12.1. The van der Waals surface area contributed by atoms with Crippen LogP contribution in [-0.2, 0) is 22.0 Å². The fraction of sp³-hybridized carbons (Fsp3) is 0.375. The first kappa shape index (κ1) is 13.8. The zero-order valence-corrected chi connectivity index (χ0v) is 12.1. The molecule has 2 heterocycles. The molecule has 1 saturated heterocycles. The van der Waals surface area contributed by atoms with Gasteiger partial charge in [0.05, 0.1) is 17.3 Å². The van der Waals surface area contributed by atoms with Crippen LogP contribution in [0.2, 0.25) is 0 Å². The molecule has 1 fully saturated rings. The van der Waals surface area contributed by atoms with Crippen LogP contribution in [0.25, 0.3) is 0 Å². The molecule has 0 aliphatic carbocycles. The van der Waals surface area contributed by atoms with E-state index in [4.69, 9.17) is 4.74 Å². The third-order valence-corrected chi connectivity index (χ3v) is 4.07. The van der Waals surface area contributed by atoms with Gasteiger partial charge in [-0.3, -0.25) is 9.48 Å². The summed E-state index contributed by atoms with van der Waals surface area (Å²) in [4.78, 5) is 12.9. The Balaban J connectivity index is 1.90. The summed E-state index contributed by atoms with van der Waals surface area (Å²) in [6.45, 7) is 1.21. The number of carbonyl (C=O) groups excluding carboxylic acids is 1. The molecule has 21 heavy (non-hydrogen) atoms. The molecule has 2 aromatic rings. The number of aromatic nitrogens is 2. The van der Waals surface area contributed by atoms with Gasteiger partial charge in [-0.1, -0.05) is 30.3 Å². The summed E-state index contributed by atoms with van der Waals surface area (Å²) in [5.41, 5.74) is 1.26. The fourth-order valence-electron chi connectivity index (χ4n) is 2.86. The lowest BCUT2D eigenvalue weighted by atomic mass is 9.73. The Morgan fingerprint density at radius 2 is 2.00 bits per heavy atom. The van der Waals surface area contributed by atoms with Crippen molar-refractivity contribution in [2.45, 2.75) is 18.3 Å². The number of nitrogens with zero attached hydrogens (tertiary/aromatic N) is 2. The van der Waals surface area contributed by atoms with Crippen LogP contribution in [0.15, 0.2) is 42.7 Å². The number of aryl methyl sites for hydroxylation is 1. The summed E-state index contributed by atoms with van der Waals surface area (Å²) in [5.74, 6) is 0.0185. The summed E-state index contributed by atoms with van der Waals surface area (Å²) in [7, 11) is 1.83. The van der Waals surface area contributed by atoms with Crippen molar-refractivity contribution >= 4 is 11.6 Å². The number of hydrogen-bond donors (Lipinski definition) is 1. The van der Waals surface area contributed by atoms with Crippen molar-refractivity contribution in [3.8, 4) is 0 Å². The third kappa shape index (κ3) is 2.69. The van der Waals surface area contributed by atoms with E-state index in [1.54, 1.807) is 17.1 Å². The van der Waals surface area contributed by atoms with E-state index in [0.29, 0.717) is 26.1 Å². The summed E-state index contributed by atoms with van der Waals surface area (Å²) >= 11 is 0. The number of anilines is 1. The largest absolute Gasteiger partial charge is 0.381 e. The molecule has 0 unspecified atom stereocenters.